The van der Waals surface area contributed by atoms with Crippen LogP contribution < -0.4 is 5.73 Å². The summed E-state index contributed by atoms with van der Waals surface area (Å²) in [4.78, 5) is 11.3. The summed E-state index contributed by atoms with van der Waals surface area (Å²) in [5, 5.41) is 0. The lowest BCUT2D eigenvalue weighted by atomic mass is 10.1. The van der Waals surface area contributed by atoms with E-state index in [1.807, 2.05) is 27.7 Å². The molecule has 0 bridgehead atoms. The topological polar surface area (TPSA) is 61.6 Å². The molecule has 0 saturated carbocycles. The molecular formula is C11H23NO3. The van der Waals surface area contributed by atoms with E-state index in [2.05, 4.69) is 0 Å². The Morgan fingerprint density at radius 1 is 1.20 bits per heavy atom. The van der Waals surface area contributed by atoms with Crippen LogP contribution in [0.1, 0.15) is 34.1 Å². The van der Waals surface area contributed by atoms with Crippen LogP contribution in [0, 0.1) is 5.92 Å². The number of hydrogen-bond donors (Lipinski definition) is 1. The van der Waals surface area contributed by atoms with Crippen molar-refractivity contribution in [3.05, 3.63) is 0 Å². The van der Waals surface area contributed by atoms with Gasteiger partial charge in [0.15, 0.2) is 0 Å². The summed E-state index contributed by atoms with van der Waals surface area (Å²) < 4.78 is 10.2. The van der Waals surface area contributed by atoms with Crippen LogP contribution in [0.4, 0.5) is 0 Å². The highest BCUT2D eigenvalue weighted by atomic mass is 16.6. The van der Waals surface area contributed by atoms with Gasteiger partial charge in [-0.3, -0.25) is 4.79 Å². The molecule has 0 aromatic rings. The number of nitrogens with two attached hydrogens (primary N) is 1. The van der Waals surface area contributed by atoms with E-state index in [0.29, 0.717) is 18.9 Å². The molecule has 0 spiro atoms. The smallest absolute Gasteiger partial charge is 0.322 e. The summed E-state index contributed by atoms with van der Waals surface area (Å²) in [6.07, 6.45) is 0.817. The lowest BCUT2D eigenvalue weighted by Crippen LogP contribution is -2.34. The molecule has 0 heterocycles. The molecule has 1 atom stereocenters. The number of carbonyl (C=O) groups excluding carboxylic acids is 1. The molecule has 2 N–H and O–H groups in total. The molecule has 90 valence electrons. The molecule has 0 aromatic heterocycles. The summed E-state index contributed by atoms with van der Waals surface area (Å²) in [6, 6.07) is -0.510. The Kier molecular flexibility index (Phi) is 7.34. The van der Waals surface area contributed by atoms with E-state index in [-0.39, 0.29) is 18.7 Å². The fourth-order valence-electron chi connectivity index (χ4n) is 1.14. The number of carbonyl (C=O) groups is 1. The van der Waals surface area contributed by atoms with Crippen molar-refractivity contribution < 1.29 is 14.3 Å². The maximum atomic E-state index is 11.3. The van der Waals surface area contributed by atoms with Crippen LogP contribution in [0.5, 0.6) is 0 Å². The molecule has 0 aliphatic carbocycles. The van der Waals surface area contributed by atoms with Crippen molar-refractivity contribution in [3.8, 4) is 0 Å². The normalized spacial score (nSPS) is 13.3. The Balaban J connectivity index is 3.56. The molecule has 15 heavy (non-hydrogen) atoms. The summed E-state index contributed by atoms with van der Waals surface area (Å²) >= 11 is 0. The Morgan fingerprint density at radius 2 is 1.80 bits per heavy atom. The van der Waals surface area contributed by atoms with Crippen molar-refractivity contribution in [1.82, 2.24) is 0 Å². The van der Waals surface area contributed by atoms with Crippen molar-refractivity contribution in [2.75, 3.05) is 13.2 Å². The first kappa shape index (κ1) is 14.4. The summed E-state index contributed by atoms with van der Waals surface area (Å²) in [6.45, 7) is 8.63. The fraction of sp³-hybridized carbons (Fsp3) is 0.909. The third-order valence-corrected chi connectivity index (χ3v) is 1.81. The standard InChI is InChI=1S/C11H23NO3/c1-8(2)7-10(12)11(13)15-6-5-14-9(3)4/h8-10H,5-7,12H2,1-4H3/t10-/m1/s1. The number of rotatable bonds is 7. The molecule has 0 fully saturated rings. The van der Waals surface area contributed by atoms with Gasteiger partial charge in [0.1, 0.15) is 12.6 Å². The molecule has 0 unspecified atom stereocenters. The average molecular weight is 217 g/mol. The van der Waals surface area contributed by atoms with Gasteiger partial charge in [-0.05, 0) is 26.2 Å². The molecule has 4 heteroatoms. The van der Waals surface area contributed by atoms with E-state index in [9.17, 15) is 4.79 Å². The highest BCUT2D eigenvalue weighted by Gasteiger charge is 2.15. The molecule has 4 nitrogen and oxygen atoms in total. The van der Waals surface area contributed by atoms with Crippen LogP contribution in [-0.4, -0.2) is 31.3 Å². The van der Waals surface area contributed by atoms with E-state index >= 15 is 0 Å². The number of hydrogen-bond acceptors (Lipinski definition) is 4. The van der Waals surface area contributed by atoms with Gasteiger partial charge in [0.25, 0.3) is 0 Å². The highest BCUT2D eigenvalue weighted by molar-refractivity contribution is 5.75. The number of esters is 1. The zero-order valence-electron chi connectivity index (χ0n) is 10.2. The monoisotopic (exact) mass is 217 g/mol. The summed E-state index contributed by atoms with van der Waals surface area (Å²) in [5.41, 5.74) is 5.64. The second-order valence-corrected chi connectivity index (χ2v) is 4.32. The first-order valence-electron chi connectivity index (χ1n) is 5.47. The molecule has 0 rings (SSSR count). The zero-order valence-corrected chi connectivity index (χ0v) is 10.2. The molecule has 0 aliphatic heterocycles. The quantitative estimate of drug-likeness (QED) is 0.516. The van der Waals surface area contributed by atoms with Crippen molar-refractivity contribution in [1.29, 1.82) is 0 Å². The van der Waals surface area contributed by atoms with Gasteiger partial charge >= 0.3 is 5.97 Å². The SMILES string of the molecule is CC(C)C[C@@H](N)C(=O)OCCOC(C)C. The summed E-state index contributed by atoms with van der Waals surface area (Å²) in [7, 11) is 0. The third kappa shape index (κ3) is 8.39. The lowest BCUT2D eigenvalue weighted by molar-refractivity contribution is -0.147. The van der Waals surface area contributed by atoms with Crippen LogP contribution >= 0.6 is 0 Å². The predicted octanol–water partition coefficient (Wildman–Crippen LogP) is 1.33. The Hall–Kier alpha value is -0.610. The third-order valence-electron chi connectivity index (χ3n) is 1.81. The van der Waals surface area contributed by atoms with Gasteiger partial charge in [0, 0.05) is 0 Å². The maximum Gasteiger partial charge on any atom is 0.322 e. The van der Waals surface area contributed by atoms with Crippen molar-refractivity contribution in [3.63, 3.8) is 0 Å². The van der Waals surface area contributed by atoms with E-state index in [1.165, 1.54) is 0 Å². The minimum absolute atomic E-state index is 0.160. The molecule has 0 aromatic carbocycles. The van der Waals surface area contributed by atoms with Crippen molar-refractivity contribution in [2.45, 2.75) is 46.3 Å². The fourth-order valence-corrected chi connectivity index (χ4v) is 1.14. The Labute approximate surface area is 92.1 Å². The molecule has 0 aliphatic rings. The van der Waals surface area contributed by atoms with Crippen LogP contribution in [0.2, 0.25) is 0 Å². The molecule has 0 radical (unpaired) electrons. The minimum atomic E-state index is -0.510. The number of ether oxygens (including phenoxy) is 2. The second-order valence-electron chi connectivity index (χ2n) is 4.32. The molecular weight excluding hydrogens is 194 g/mol. The van der Waals surface area contributed by atoms with Crippen LogP contribution in [0.25, 0.3) is 0 Å². The van der Waals surface area contributed by atoms with Gasteiger partial charge in [-0.25, -0.2) is 0 Å². The summed E-state index contributed by atoms with van der Waals surface area (Å²) in [5.74, 6) is 0.0653. The van der Waals surface area contributed by atoms with Gasteiger partial charge in [0.05, 0.1) is 12.7 Å². The first-order chi connectivity index (χ1) is 6.93. The maximum absolute atomic E-state index is 11.3. The van der Waals surface area contributed by atoms with E-state index in [0.717, 1.165) is 0 Å². The predicted molar refractivity (Wildman–Crippen MR) is 59.5 cm³/mol. The van der Waals surface area contributed by atoms with Crippen molar-refractivity contribution >= 4 is 5.97 Å². The van der Waals surface area contributed by atoms with Gasteiger partial charge in [-0.1, -0.05) is 13.8 Å². The lowest BCUT2D eigenvalue weighted by Gasteiger charge is -2.13. The van der Waals surface area contributed by atoms with Gasteiger partial charge in [-0.15, -0.1) is 0 Å². The average Bonchev–Trinajstić information content (AvgIpc) is 2.10. The minimum Gasteiger partial charge on any atom is -0.462 e. The largest absolute Gasteiger partial charge is 0.462 e. The Morgan fingerprint density at radius 3 is 2.27 bits per heavy atom. The first-order valence-corrected chi connectivity index (χ1v) is 5.47. The van der Waals surface area contributed by atoms with E-state index in [4.69, 9.17) is 15.2 Å². The van der Waals surface area contributed by atoms with Crippen LogP contribution in [0.15, 0.2) is 0 Å². The van der Waals surface area contributed by atoms with Gasteiger partial charge in [-0.2, -0.15) is 0 Å². The van der Waals surface area contributed by atoms with E-state index in [1.54, 1.807) is 0 Å². The molecule has 0 amide bonds. The van der Waals surface area contributed by atoms with Gasteiger partial charge < -0.3 is 15.2 Å². The van der Waals surface area contributed by atoms with Crippen molar-refractivity contribution in [2.24, 2.45) is 11.7 Å². The van der Waals surface area contributed by atoms with Crippen LogP contribution in [0.3, 0.4) is 0 Å². The van der Waals surface area contributed by atoms with E-state index < -0.39 is 6.04 Å². The van der Waals surface area contributed by atoms with Crippen LogP contribution in [-0.2, 0) is 14.3 Å². The Bertz CT molecular complexity index is 181. The zero-order chi connectivity index (χ0) is 11.8. The molecule has 0 saturated heterocycles. The van der Waals surface area contributed by atoms with Gasteiger partial charge in [0.2, 0.25) is 0 Å². The highest BCUT2D eigenvalue weighted by Crippen LogP contribution is 2.03. The second kappa shape index (κ2) is 7.65.